The smallest absolute Gasteiger partial charge is 0.271 e. The maximum atomic E-state index is 13.1. The number of hydrogen-bond acceptors (Lipinski definition) is 7. The Balaban J connectivity index is 2.72. The Morgan fingerprint density at radius 3 is 2.43 bits per heavy atom. The molecule has 4 N–H and O–H groups in total. The highest BCUT2D eigenvalue weighted by Crippen LogP contribution is 2.25. The fourth-order valence-electron chi connectivity index (χ4n) is 3.39. The van der Waals surface area contributed by atoms with Gasteiger partial charge in [-0.05, 0) is 50.2 Å². The first-order chi connectivity index (χ1) is 16.6. The number of nitrogens with one attached hydrogen (secondary N) is 1. The zero-order valence-electron chi connectivity index (χ0n) is 21.5. The van der Waals surface area contributed by atoms with Crippen LogP contribution in [0.2, 0.25) is 0 Å². The third-order valence-corrected chi connectivity index (χ3v) is 6.24. The average Bonchev–Trinajstić information content (AvgIpc) is 2.85. The van der Waals surface area contributed by atoms with Crippen molar-refractivity contribution >= 4 is 23.6 Å². The molecule has 0 bridgehead atoms. The van der Waals surface area contributed by atoms with Gasteiger partial charge < -0.3 is 30.4 Å². The van der Waals surface area contributed by atoms with E-state index < -0.39 is 18.2 Å². The van der Waals surface area contributed by atoms with Crippen LogP contribution in [0.25, 0.3) is 0 Å². The van der Waals surface area contributed by atoms with Crippen molar-refractivity contribution in [3.63, 3.8) is 0 Å². The van der Waals surface area contributed by atoms with Gasteiger partial charge in [-0.15, -0.1) is 0 Å². The maximum absolute atomic E-state index is 13.1. The molecule has 0 saturated heterocycles. The molecule has 4 atom stereocenters. The fraction of sp³-hybridized carbons (Fsp3) is 0.680. The van der Waals surface area contributed by atoms with Crippen LogP contribution in [0, 0.1) is 11.8 Å². The SMILES string of the molecule is COCCCCOc1ccccc1C(=O)N(Cl)C[C@@H](C[C@H](N)[C@@H](O)CNC(=O)C(C)OC)C(C)C. The van der Waals surface area contributed by atoms with Crippen molar-refractivity contribution in [3.05, 3.63) is 29.8 Å². The van der Waals surface area contributed by atoms with Gasteiger partial charge in [0, 0.05) is 51.7 Å². The number of para-hydroxylation sites is 1. The number of methoxy groups -OCH3 is 2. The first-order valence-electron chi connectivity index (χ1n) is 12.0. The predicted octanol–water partition coefficient (Wildman–Crippen LogP) is 2.59. The molecule has 1 aromatic carbocycles. The normalized spacial score (nSPS) is 14.8. The number of nitrogens with zero attached hydrogens (tertiary/aromatic N) is 1. The van der Waals surface area contributed by atoms with Gasteiger partial charge in [0.25, 0.3) is 5.91 Å². The Bertz CT molecular complexity index is 766. The second-order valence-corrected chi connectivity index (χ2v) is 9.40. The van der Waals surface area contributed by atoms with E-state index in [4.69, 9.17) is 31.7 Å². The lowest BCUT2D eigenvalue weighted by molar-refractivity contribution is -0.130. The molecule has 1 rings (SSSR count). The van der Waals surface area contributed by atoms with E-state index in [0.29, 0.717) is 30.9 Å². The summed E-state index contributed by atoms with van der Waals surface area (Å²) in [6, 6.07) is 6.40. The number of hydrogen-bond donors (Lipinski definition) is 3. The van der Waals surface area contributed by atoms with Crippen LogP contribution in [0.3, 0.4) is 0 Å². The van der Waals surface area contributed by atoms with E-state index in [1.807, 2.05) is 19.9 Å². The van der Waals surface area contributed by atoms with Crippen LogP contribution in [-0.4, -0.2) is 80.1 Å². The number of nitrogens with two attached hydrogens (primary N) is 1. The van der Waals surface area contributed by atoms with Crippen LogP contribution >= 0.6 is 11.8 Å². The molecular weight excluding hydrogens is 474 g/mol. The molecule has 9 nitrogen and oxygen atoms in total. The first kappa shape index (κ1) is 31.1. The van der Waals surface area contributed by atoms with Gasteiger partial charge in [-0.3, -0.25) is 14.0 Å². The number of amides is 2. The molecule has 35 heavy (non-hydrogen) atoms. The van der Waals surface area contributed by atoms with Crippen molar-refractivity contribution in [3.8, 4) is 5.75 Å². The topological polar surface area (TPSA) is 123 Å². The summed E-state index contributed by atoms with van der Waals surface area (Å²) in [5.41, 5.74) is 6.60. The Morgan fingerprint density at radius 1 is 1.14 bits per heavy atom. The van der Waals surface area contributed by atoms with E-state index in [9.17, 15) is 14.7 Å². The van der Waals surface area contributed by atoms with Gasteiger partial charge in [0.05, 0.1) is 18.3 Å². The predicted molar refractivity (Wildman–Crippen MR) is 136 cm³/mol. The number of halogens is 1. The number of aliphatic hydroxyl groups excluding tert-OH is 1. The maximum Gasteiger partial charge on any atom is 0.271 e. The van der Waals surface area contributed by atoms with E-state index in [2.05, 4.69) is 5.32 Å². The Kier molecular flexibility index (Phi) is 14.9. The molecule has 200 valence electrons. The number of carbonyl (C=O) groups excluding carboxylic acids is 2. The lowest BCUT2D eigenvalue weighted by atomic mass is 9.87. The molecule has 0 saturated carbocycles. The van der Waals surface area contributed by atoms with Gasteiger partial charge in [0.1, 0.15) is 11.9 Å². The third-order valence-electron chi connectivity index (χ3n) is 5.95. The van der Waals surface area contributed by atoms with Gasteiger partial charge >= 0.3 is 0 Å². The molecule has 0 aliphatic carbocycles. The molecule has 0 spiro atoms. The summed E-state index contributed by atoms with van der Waals surface area (Å²) in [7, 11) is 3.09. The van der Waals surface area contributed by atoms with Crippen molar-refractivity contribution in [1.82, 2.24) is 9.74 Å². The monoisotopic (exact) mass is 515 g/mol. The van der Waals surface area contributed by atoms with E-state index in [0.717, 1.165) is 17.3 Å². The van der Waals surface area contributed by atoms with E-state index in [-0.39, 0.29) is 36.7 Å². The van der Waals surface area contributed by atoms with Crippen molar-refractivity contribution in [2.45, 2.75) is 58.3 Å². The highest BCUT2D eigenvalue weighted by molar-refractivity contribution is 6.24. The Labute approximate surface area is 214 Å². The first-order valence-corrected chi connectivity index (χ1v) is 12.4. The zero-order chi connectivity index (χ0) is 26.4. The van der Waals surface area contributed by atoms with Gasteiger partial charge in [-0.2, -0.15) is 0 Å². The summed E-state index contributed by atoms with van der Waals surface area (Å²) >= 11 is 6.43. The van der Waals surface area contributed by atoms with E-state index in [1.54, 1.807) is 32.2 Å². The van der Waals surface area contributed by atoms with Crippen LogP contribution in [0.15, 0.2) is 24.3 Å². The second kappa shape index (κ2) is 16.7. The Hall–Kier alpha value is -1.91. The van der Waals surface area contributed by atoms with Crippen LogP contribution in [-0.2, 0) is 14.3 Å². The molecule has 0 radical (unpaired) electrons. The molecule has 0 aromatic heterocycles. The van der Waals surface area contributed by atoms with E-state index >= 15 is 0 Å². The minimum Gasteiger partial charge on any atom is -0.493 e. The van der Waals surface area contributed by atoms with E-state index in [1.165, 1.54) is 7.11 Å². The van der Waals surface area contributed by atoms with Crippen LogP contribution < -0.4 is 15.8 Å². The number of ether oxygens (including phenoxy) is 3. The van der Waals surface area contributed by atoms with Gasteiger partial charge in [0.2, 0.25) is 5.91 Å². The second-order valence-electron chi connectivity index (χ2n) is 8.99. The number of unbranched alkanes of at least 4 members (excludes halogenated alkanes) is 1. The van der Waals surface area contributed by atoms with Crippen molar-refractivity contribution in [1.29, 1.82) is 0 Å². The number of carbonyl (C=O) groups is 2. The largest absolute Gasteiger partial charge is 0.493 e. The molecule has 0 fully saturated rings. The molecule has 10 heteroatoms. The van der Waals surface area contributed by atoms with Crippen molar-refractivity contribution < 1.29 is 28.9 Å². The summed E-state index contributed by atoms with van der Waals surface area (Å²) in [5, 5.41) is 13.1. The van der Waals surface area contributed by atoms with Crippen LogP contribution in [0.1, 0.15) is 50.4 Å². The van der Waals surface area contributed by atoms with Crippen LogP contribution in [0.4, 0.5) is 0 Å². The zero-order valence-corrected chi connectivity index (χ0v) is 22.3. The summed E-state index contributed by atoms with van der Waals surface area (Å²) in [4.78, 5) is 25.0. The average molecular weight is 516 g/mol. The number of aliphatic hydroxyl groups is 1. The fourth-order valence-corrected chi connectivity index (χ4v) is 3.66. The summed E-state index contributed by atoms with van der Waals surface area (Å²) in [6.45, 7) is 7.02. The molecule has 0 heterocycles. The number of rotatable bonds is 17. The van der Waals surface area contributed by atoms with Crippen LogP contribution in [0.5, 0.6) is 5.75 Å². The highest BCUT2D eigenvalue weighted by atomic mass is 35.5. The Morgan fingerprint density at radius 2 is 1.80 bits per heavy atom. The minimum atomic E-state index is -0.948. The molecular formula is C25H42ClN3O6. The number of benzene rings is 1. The van der Waals surface area contributed by atoms with Gasteiger partial charge in [-0.1, -0.05) is 26.0 Å². The minimum absolute atomic E-state index is 0.0110. The van der Waals surface area contributed by atoms with Crippen molar-refractivity contribution in [2.24, 2.45) is 17.6 Å². The van der Waals surface area contributed by atoms with Gasteiger partial charge in [0.15, 0.2) is 0 Å². The van der Waals surface area contributed by atoms with Crippen molar-refractivity contribution in [2.75, 3.05) is 40.5 Å². The molecule has 1 aromatic rings. The molecule has 0 aliphatic heterocycles. The summed E-state index contributed by atoms with van der Waals surface area (Å²) < 4.78 is 17.0. The molecule has 2 amide bonds. The summed E-state index contributed by atoms with van der Waals surface area (Å²) in [5.74, 6) is -0.125. The lowest BCUT2D eigenvalue weighted by Gasteiger charge is -2.29. The third kappa shape index (κ3) is 11.1. The highest BCUT2D eigenvalue weighted by Gasteiger charge is 2.27. The quantitative estimate of drug-likeness (QED) is 0.215. The molecule has 1 unspecified atom stereocenters. The van der Waals surface area contributed by atoms with Gasteiger partial charge in [-0.25, -0.2) is 0 Å². The lowest BCUT2D eigenvalue weighted by Crippen LogP contribution is -2.47. The standard InChI is InChI=1S/C25H42ClN3O6/c1-17(2)19(14-21(27)22(30)15-28-24(31)18(3)34-5)16-29(26)25(32)20-10-6-7-11-23(20)35-13-9-8-12-33-4/h6-7,10-11,17-19,21-22,30H,8-9,12-16,27H2,1-5H3,(H,28,31)/t18?,19-,21+,22+/m1/s1. The summed E-state index contributed by atoms with van der Waals surface area (Å²) in [6.07, 6.45) is 0.529. The molecule has 0 aliphatic rings.